The highest BCUT2D eigenvalue weighted by Gasteiger charge is 2.36. The third kappa shape index (κ3) is 6.78. The van der Waals surface area contributed by atoms with E-state index in [1.54, 1.807) is 57.4 Å². The Morgan fingerprint density at radius 3 is 2.49 bits per heavy atom. The molecule has 0 radical (unpaired) electrons. The van der Waals surface area contributed by atoms with Crippen molar-refractivity contribution in [3.8, 4) is 29.1 Å². The van der Waals surface area contributed by atoms with Crippen LogP contribution in [-0.4, -0.2) is 37.5 Å². The van der Waals surface area contributed by atoms with E-state index in [0.29, 0.717) is 67.9 Å². The first-order valence-electron chi connectivity index (χ1n) is 15.2. The second-order valence-electron chi connectivity index (χ2n) is 10.3. The smallest absolute Gasteiger partial charge is 0.338 e. The maximum Gasteiger partial charge on any atom is 0.338 e. The number of carbonyl (C=O) groups is 1. The molecule has 0 fully saturated rings. The van der Waals surface area contributed by atoms with Crippen LogP contribution in [0.2, 0.25) is 0 Å². The third-order valence-electron chi connectivity index (χ3n) is 7.42. The van der Waals surface area contributed by atoms with Gasteiger partial charge >= 0.3 is 5.97 Å². The molecule has 47 heavy (non-hydrogen) atoms. The topological polar surface area (TPSA) is 121 Å². The van der Waals surface area contributed by atoms with Gasteiger partial charge in [0, 0.05) is 11.1 Å². The highest BCUT2D eigenvalue weighted by molar-refractivity contribution is 7.07. The first kappa shape index (κ1) is 33.0. The second-order valence-corrected chi connectivity index (χ2v) is 11.3. The summed E-state index contributed by atoms with van der Waals surface area (Å²) in [5.74, 6) is 1.36. The number of hydrogen-bond donors (Lipinski definition) is 0. The van der Waals surface area contributed by atoms with Gasteiger partial charge in [0.05, 0.1) is 54.4 Å². The maximum atomic E-state index is 14.2. The van der Waals surface area contributed by atoms with Crippen molar-refractivity contribution in [2.24, 2.45) is 4.99 Å². The minimum absolute atomic E-state index is 0.163. The van der Waals surface area contributed by atoms with Crippen LogP contribution in [0.5, 0.6) is 23.0 Å². The lowest BCUT2D eigenvalue weighted by Gasteiger charge is -2.26. The second kappa shape index (κ2) is 14.8. The summed E-state index contributed by atoms with van der Waals surface area (Å²) in [6.45, 7) is 8.29. The zero-order chi connectivity index (χ0) is 33.5. The molecule has 1 aromatic heterocycles. The molecular weight excluding hydrogens is 618 g/mol. The number of hydrogen-bond acceptors (Lipinski definition) is 10. The van der Waals surface area contributed by atoms with Gasteiger partial charge in [0.15, 0.2) is 27.8 Å². The highest BCUT2D eigenvalue weighted by Crippen LogP contribution is 2.41. The zero-order valence-corrected chi connectivity index (χ0v) is 27.7. The first-order chi connectivity index (χ1) is 22.8. The fourth-order valence-corrected chi connectivity index (χ4v) is 6.40. The number of aromatic nitrogens is 1. The molecule has 1 aliphatic rings. The minimum Gasteiger partial charge on any atom is -0.493 e. The van der Waals surface area contributed by atoms with E-state index >= 15 is 0 Å². The summed E-state index contributed by atoms with van der Waals surface area (Å²) in [4.78, 5) is 32.7. The van der Waals surface area contributed by atoms with Gasteiger partial charge in [-0.25, -0.2) is 9.79 Å². The molecule has 0 aliphatic carbocycles. The van der Waals surface area contributed by atoms with E-state index in [2.05, 4.69) is 11.1 Å². The minimum atomic E-state index is -0.866. The Bertz CT molecular complexity index is 2060. The molecule has 0 spiro atoms. The van der Waals surface area contributed by atoms with E-state index in [1.165, 1.54) is 15.9 Å². The molecule has 0 amide bonds. The Morgan fingerprint density at radius 2 is 1.77 bits per heavy atom. The maximum absolute atomic E-state index is 14.2. The van der Waals surface area contributed by atoms with Gasteiger partial charge in [-0.1, -0.05) is 47.7 Å². The van der Waals surface area contributed by atoms with Crippen molar-refractivity contribution >= 4 is 23.4 Å². The van der Waals surface area contributed by atoms with E-state index in [9.17, 15) is 14.9 Å². The molecule has 3 aromatic carbocycles. The number of thiazole rings is 1. The number of allylic oxidation sites excluding steroid dienone is 1. The summed E-state index contributed by atoms with van der Waals surface area (Å²) < 4.78 is 30.9. The van der Waals surface area contributed by atoms with Crippen molar-refractivity contribution in [3.05, 3.63) is 114 Å². The number of methoxy groups -OCH3 is 1. The van der Waals surface area contributed by atoms with Crippen molar-refractivity contribution in [3.63, 3.8) is 0 Å². The average molecular weight is 654 g/mol. The molecule has 11 heteroatoms. The van der Waals surface area contributed by atoms with Gasteiger partial charge in [0.25, 0.3) is 5.56 Å². The van der Waals surface area contributed by atoms with E-state index in [-0.39, 0.29) is 24.3 Å². The van der Waals surface area contributed by atoms with Gasteiger partial charge in [-0.2, -0.15) is 5.26 Å². The predicted octanol–water partition coefficient (Wildman–Crippen LogP) is 5.05. The summed E-state index contributed by atoms with van der Waals surface area (Å²) in [5, 5.41) is 9.43. The van der Waals surface area contributed by atoms with Gasteiger partial charge in [0.2, 0.25) is 0 Å². The Morgan fingerprint density at radius 1 is 0.979 bits per heavy atom. The van der Waals surface area contributed by atoms with Crippen molar-refractivity contribution in [1.82, 2.24) is 4.57 Å². The van der Waals surface area contributed by atoms with Crippen molar-refractivity contribution in [2.45, 2.75) is 40.3 Å². The molecule has 1 atom stereocenters. The van der Waals surface area contributed by atoms with Crippen molar-refractivity contribution in [2.75, 3.05) is 26.9 Å². The fourth-order valence-electron chi connectivity index (χ4n) is 5.36. The number of carbonyl (C=O) groups excluding carboxylic acids is 1. The van der Waals surface area contributed by atoms with Gasteiger partial charge in [0.1, 0.15) is 12.6 Å². The number of para-hydroxylation sites is 1. The summed E-state index contributed by atoms with van der Waals surface area (Å²) in [6.07, 6.45) is 1.76. The average Bonchev–Trinajstić information content (AvgIpc) is 3.37. The van der Waals surface area contributed by atoms with Gasteiger partial charge in [-0.05, 0) is 63.6 Å². The largest absolute Gasteiger partial charge is 0.493 e. The van der Waals surface area contributed by atoms with Crippen molar-refractivity contribution in [1.29, 1.82) is 5.26 Å². The number of ether oxygens (including phenoxy) is 5. The molecule has 2 heterocycles. The molecule has 242 valence electrons. The SMILES string of the molecule is CCOC(=O)C1=C(C)N=c2s/c(=C/c3ccc(OCc4ccccc4C#N)c(OCC)c3)c(=O)n2[C@H]1c1cccc(OC)c1OCC. The monoisotopic (exact) mass is 653 g/mol. The Balaban J connectivity index is 1.61. The fraction of sp³-hybridized carbons (Fsp3) is 0.278. The number of rotatable bonds is 12. The van der Waals surface area contributed by atoms with E-state index < -0.39 is 12.0 Å². The molecule has 0 bridgehead atoms. The van der Waals surface area contributed by atoms with E-state index in [1.807, 2.05) is 44.2 Å². The molecule has 0 unspecified atom stereocenters. The first-order valence-corrected chi connectivity index (χ1v) is 16.0. The zero-order valence-electron chi connectivity index (χ0n) is 26.9. The number of benzene rings is 3. The Kier molecular flexibility index (Phi) is 10.4. The summed E-state index contributed by atoms with van der Waals surface area (Å²) in [6, 6.07) is 19.4. The van der Waals surface area contributed by atoms with Crippen LogP contribution in [0.4, 0.5) is 0 Å². The normalized spacial score (nSPS) is 14.1. The highest BCUT2D eigenvalue weighted by atomic mass is 32.1. The van der Waals surface area contributed by atoms with E-state index in [0.717, 1.165) is 5.56 Å². The van der Waals surface area contributed by atoms with Crippen LogP contribution in [0, 0.1) is 11.3 Å². The lowest BCUT2D eigenvalue weighted by molar-refractivity contribution is -0.139. The Hall–Kier alpha value is -5.34. The number of esters is 1. The van der Waals surface area contributed by atoms with Gasteiger partial charge in [-0.15, -0.1) is 0 Å². The van der Waals surface area contributed by atoms with Gasteiger partial charge < -0.3 is 23.7 Å². The predicted molar refractivity (Wildman–Crippen MR) is 178 cm³/mol. The molecule has 0 saturated heterocycles. The summed E-state index contributed by atoms with van der Waals surface area (Å²) >= 11 is 1.22. The molecule has 0 saturated carbocycles. The van der Waals surface area contributed by atoms with Crippen LogP contribution in [0.25, 0.3) is 6.08 Å². The van der Waals surface area contributed by atoms with Crippen LogP contribution in [0.15, 0.2) is 81.7 Å². The van der Waals surface area contributed by atoms with Gasteiger partial charge in [-0.3, -0.25) is 9.36 Å². The molecule has 10 nitrogen and oxygen atoms in total. The van der Waals surface area contributed by atoms with Crippen LogP contribution >= 0.6 is 11.3 Å². The standard InChI is InChI=1S/C36H35N3O7S/c1-6-43-29-18-23(16-17-27(29)46-21-25-13-10-9-12-24(25)20-37)19-30-34(40)39-32(26-14-11-15-28(42-5)33(26)44-7-2)31(35(41)45-8-3)22(4)38-36(39)47-30/h9-19,32H,6-8,21H2,1-5H3/b30-19+/t32-/m0/s1. The van der Waals surface area contributed by atoms with Crippen LogP contribution in [0.1, 0.15) is 56.0 Å². The molecule has 5 rings (SSSR count). The molecule has 4 aromatic rings. The summed E-state index contributed by atoms with van der Waals surface area (Å²) in [7, 11) is 1.54. The number of nitriles is 1. The van der Waals surface area contributed by atoms with Crippen LogP contribution in [-0.2, 0) is 16.1 Å². The molecule has 0 N–H and O–H groups in total. The Labute approximate surface area is 276 Å². The number of fused-ring (bicyclic) bond motifs is 1. The molecular formula is C36H35N3O7S. The van der Waals surface area contributed by atoms with E-state index in [4.69, 9.17) is 23.7 Å². The lowest BCUT2D eigenvalue weighted by atomic mass is 9.94. The number of nitrogens with zero attached hydrogens (tertiary/aromatic N) is 3. The van der Waals surface area contributed by atoms with Crippen LogP contribution in [0.3, 0.4) is 0 Å². The third-order valence-corrected chi connectivity index (χ3v) is 8.40. The molecule has 1 aliphatic heterocycles. The lowest BCUT2D eigenvalue weighted by Crippen LogP contribution is -2.40. The quantitative estimate of drug-likeness (QED) is 0.195. The summed E-state index contributed by atoms with van der Waals surface area (Å²) in [5.41, 5.74) is 2.96. The van der Waals surface area contributed by atoms with Crippen LogP contribution < -0.4 is 33.8 Å². The van der Waals surface area contributed by atoms with Crippen molar-refractivity contribution < 1.29 is 28.5 Å².